The van der Waals surface area contributed by atoms with Crippen molar-refractivity contribution < 1.29 is 35.5 Å². The van der Waals surface area contributed by atoms with Crippen LogP contribution in [-0.4, -0.2) is 36.5 Å². The van der Waals surface area contributed by atoms with Gasteiger partial charge in [-0.1, -0.05) is 18.2 Å². The first kappa shape index (κ1) is 26.8. The number of benzene rings is 2. The van der Waals surface area contributed by atoms with E-state index < -0.39 is 46.7 Å². The maximum absolute atomic E-state index is 14.6. The minimum Gasteiger partial charge on any atom is -0.304 e. The summed E-state index contributed by atoms with van der Waals surface area (Å²) >= 11 is 0. The van der Waals surface area contributed by atoms with Crippen LogP contribution < -0.4 is 5.32 Å². The molecule has 2 aromatic carbocycles. The highest BCUT2D eigenvalue weighted by Gasteiger charge is 2.60. The van der Waals surface area contributed by atoms with Crippen molar-refractivity contribution in [2.75, 3.05) is 5.32 Å². The normalized spacial score (nSPS) is 12.2. The van der Waals surface area contributed by atoms with Gasteiger partial charge >= 0.3 is 12.1 Å². The Balaban J connectivity index is 1.50. The van der Waals surface area contributed by atoms with E-state index in [9.17, 15) is 35.5 Å². The van der Waals surface area contributed by atoms with Crippen molar-refractivity contribution in [1.82, 2.24) is 24.4 Å². The third-order valence-corrected chi connectivity index (χ3v) is 5.98. The van der Waals surface area contributed by atoms with Crippen LogP contribution in [0.4, 0.5) is 36.6 Å². The second-order valence-electron chi connectivity index (χ2n) is 8.78. The summed E-state index contributed by atoms with van der Waals surface area (Å²) in [4.78, 5) is 16.9. The average Bonchev–Trinajstić information content (AvgIpc) is 3.47. The van der Waals surface area contributed by atoms with Gasteiger partial charge in [-0.15, -0.1) is 0 Å². The molecule has 0 aliphatic heterocycles. The van der Waals surface area contributed by atoms with Crippen molar-refractivity contribution in [3.8, 4) is 11.3 Å². The molecule has 5 aromatic rings. The third kappa shape index (κ3) is 4.99. The highest BCUT2D eigenvalue weighted by molar-refractivity contribution is 6.03. The fourth-order valence-electron chi connectivity index (χ4n) is 3.92. The Kier molecular flexibility index (Phi) is 6.56. The molecular formula is C26H17F7N6O. The van der Waals surface area contributed by atoms with E-state index in [0.29, 0.717) is 17.3 Å². The van der Waals surface area contributed by atoms with Crippen LogP contribution in [0.1, 0.15) is 27.4 Å². The van der Waals surface area contributed by atoms with Crippen LogP contribution in [-0.2, 0) is 12.5 Å². The minimum absolute atomic E-state index is 0.0108. The van der Waals surface area contributed by atoms with E-state index in [2.05, 4.69) is 20.5 Å². The van der Waals surface area contributed by atoms with Gasteiger partial charge in [-0.05, 0) is 43.3 Å². The maximum Gasteiger partial charge on any atom is 0.459 e. The Labute approximate surface area is 220 Å². The standard InChI is InChI=1S/C26H17F7N6O/c1-14-10-22(37-38(14)13-16-4-2-3-5-18(16)28)35-24(40)20-12-23-34-19(15-6-8-17(27)9-7-15)11-21(39(23)36-20)25(29,30)26(31,32)33/h2-12H,13H2,1H3,(H,35,37,40). The monoisotopic (exact) mass is 562 g/mol. The second-order valence-corrected chi connectivity index (χ2v) is 8.78. The van der Waals surface area contributed by atoms with Crippen LogP contribution in [0.2, 0.25) is 0 Å². The number of anilines is 1. The summed E-state index contributed by atoms with van der Waals surface area (Å²) in [5, 5.41) is 10.3. The fourth-order valence-corrected chi connectivity index (χ4v) is 3.92. The Morgan fingerprint density at radius 3 is 2.30 bits per heavy atom. The van der Waals surface area contributed by atoms with Crippen molar-refractivity contribution in [2.45, 2.75) is 25.6 Å². The molecule has 0 saturated heterocycles. The van der Waals surface area contributed by atoms with Crippen LogP contribution in [0.5, 0.6) is 0 Å². The van der Waals surface area contributed by atoms with E-state index in [1.807, 2.05) is 0 Å². The number of halogens is 7. The molecule has 0 radical (unpaired) electrons. The van der Waals surface area contributed by atoms with Crippen molar-refractivity contribution in [3.63, 3.8) is 0 Å². The highest BCUT2D eigenvalue weighted by Crippen LogP contribution is 2.44. The molecule has 1 amide bonds. The van der Waals surface area contributed by atoms with E-state index in [4.69, 9.17) is 0 Å². The lowest BCUT2D eigenvalue weighted by molar-refractivity contribution is -0.291. The number of aryl methyl sites for hydroxylation is 1. The molecule has 0 unspecified atom stereocenters. The van der Waals surface area contributed by atoms with Crippen LogP contribution in [0.3, 0.4) is 0 Å². The highest BCUT2D eigenvalue weighted by atomic mass is 19.4. The molecule has 1 N–H and O–H groups in total. The number of fused-ring (bicyclic) bond motifs is 1. The molecular weight excluding hydrogens is 545 g/mol. The molecule has 0 atom stereocenters. The third-order valence-electron chi connectivity index (χ3n) is 5.98. The van der Waals surface area contributed by atoms with Crippen molar-refractivity contribution in [2.24, 2.45) is 0 Å². The van der Waals surface area contributed by atoms with Gasteiger partial charge in [0.05, 0.1) is 12.2 Å². The lowest BCUT2D eigenvalue weighted by atomic mass is 10.1. The molecule has 0 fully saturated rings. The van der Waals surface area contributed by atoms with Crippen LogP contribution in [0, 0.1) is 18.6 Å². The van der Waals surface area contributed by atoms with Gasteiger partial charge in [0.15, 0.2) is 17.2 Å². The van der Waals surface area contributed by atoms with E-state index >= 15 is 0 Å². The fraction of sp³-hybridized carbons (Fsp3) is 0.154. The van der Waals surface area contributed by atoms with E-state index in [1.165, 1.54) is 22.9 Å². The van der Waals surface area contributed by atoms with Crippen molar-refractivity contribution >= 4 is 17.4 Å². The van der Waals surface area contributed by atoms with Gasteiger partial charge < -0.3 is 5.32 Å². The molecule has 5 rings (SSSR count). The first-order chi connectivity index (χ1) is 18.8. The van der Waals surface area contributed by atoms with Crippen molar-refractivity contribution in [1.29, 1.82) is 0 Å². The quantitative estimate of drug-likeness (QED) is 0.253. The molecule has 40 heavy (non-hydrogen) atoms. The summed E-state index contributed by atoms with van der Waals surface area (Å²) in [5.41, 5.74) is -1.96. The summed E-state index contributed by atoms with van der Waals surface area (Å²) < 4.78 is 98.1. The predicted octanol–water partition coefficient (Wildman–Crippen LogP) is 6.13. The number of carbonyl (C=O) groups excluding carboxylic acids is 1. The van der Waals surface area contributed by atoms with Gasteiger partial charge in [-0.2, -0.15) is 32.1 Å². The summed E-state index contributed by atoms with van der Waals surface area (Å²) in [6.45, 7) is 1.70. The summed E-state index contributed by atoms with van der Waals surface area (Å²) in [6.07, 6.45) is -5.99. The van der Waals surface area contributed by atoms with Crippen LogP contribution in [0.15, 0.2) is 66.7 Å². The number of amides is 1. The molecule has 3 aromatic heterocycles. The van der Waals surface area contributed by atoms with E-state index in [1.54, 1.807) is 19.1 Å². The number of nitrogens with one attached hydrogen (secondary N) is 1. The number of hydrogen-bond donors (Lipinski definition) is 1. The molecule has 0 saturated carbocycles. The average molecular weight is 562 g/mol. The number of carbonyl (C=O) groups is 1. The largest absolute Gasteiger partial charge is 0.459 e. The number of aromatic nitrogens is 5. The molecule has 0 aliphatic rings. The zero-order valence-corrected chi connectivity index (χ0v) is 20.3. The van der Waals surface area contributed by atoms with Crippen LogP contribution >= 0.6 is 0 Å². The van der Waals surface area contributed by atoms with E-state index in [0.717, 1.165) is 30.3 Å². The van der Waals surface area contributed by atoms with Gasteiger partial charge in [0.1, 0.15) is 17.3 Å². The first-order valence-electron chi connectivity index (χ1n) is 11.5. The van der Waals surface area contributed by atoms with Gasteiger partial charge in [0.25, 0.3) is 5.91 Å². The molecule has 0 spiro atoms. The van der Waals surface area contributed by atoms with Crippen LogP contribution in [0.25, 0.3) is 16.9 Å². The summed E-state index contributed by atoms with van der Waals surface area (Å²) in [6, 6.07) is 13.2. The lowest BCUT2D eigenvalue weighted by Gasteiger charge is -2.21. The molecule has 7 nitrogen and oxygen atoms in total. The number of alkyl halides is 5. The molecule has 3 heterocycles. The van der Waals surface area contributed by atoms with Gasteiger partial charge in [0.2, 0.25) is 0 Å². The lowest BCUT2D eigenvalue weighted by Crippen LogP contribution is -2.36. The Bertz CT molecular complexity index is 1720. The summed E-state index contributed by atoms with van der Waals surface area (Å²) in [5.74, 6) is -7.43. The smallest absolute Gasteiger partial charge is 0.304 e. The zero-order chi connectivity index (χ0) is 28.8. The van der Waals surface area contributed by atoms with Gasteiger partial charge in [-0.25, -0.2) is 18.3 Å². The topological polar surface area (TPSA) is 77.1 Å². The molecule has 0 bridgehead atoms. The second kappa shape index (κ2) is 9.77. The number of hydrogen-bond acceptors (Lipinski definition) is 4. The van der Waals surface area contributed by atoms with E-state index in [-0.39, 0.29) is 28.1 Å². The molecule has 206 valence electrons. The maximum atomic E-state index is 14.6. The SMILES string of the molecule is Cc1cc(NC(=O)c2cc3nc(-c4ccc(F)cc4)cc(C(F)(F)C(F)(F)F)n3n2)nn1Cc1ccccc1F. The molecule has 0 aliphatic carbocycles. The number of rotatable bonds is 6. The van der Waals surface area contributed by atoms with Gasteiger partial charge in [-0.3, -0.25) is 9.48 Å². The van der Waals surface area contributed by atoms with Crippen molar-refractivity contribution in [3.05, 3.63) is 101 Å². The Hall–Kier alpha value is -4.75. The number of nitrogens with zero attached hydrogens (tertiary/aromatic N) is 5. The van der Waals surface area contributed by atoms with Gasteiger partial charge in [0, 0.05) is 29.0 Å². The first-order valence-corrected chi connectivity index (χ1v) is 11.5. The zero-order valence-electron chi connectivity index (χ0n) is 20.3. The Morgan fingerprint density at radius 2 is 1.62 bits per heavy atom. The predicted molar refractivity (Wildman–Crippen MR) is 129 cm³/mol. The molecule has 14 heteroatoms. The Morgan fingerprint density at radius 1 is 0.925 bits per heavy atom. The minimum atomic E-state index is -5.99. The summed E-state index contributed by atoms with van der Waals surface area (Å²) in [7, 11) is 0.